The van der Waals surface area contributed by atoms with E-state index in [1.165, 1.54) is 16.5 Å². The van der Waals surface area contributed by atoms with Crippen molar-refractivity contribution in [1.29, 1.82) is 0 Å². The molecule has 2 aromatic rings. The molecule has 76 valence electrons. The van der Waals surface area contributed by atoms with Gasteiger partial charge in [-0.3, -0.25) is 0 Å². The molecule has 15 heavy (non-hydrogen) atoms. The van der Waals surface area contributed by atoms with Crippen LogP contribution in [0.4, 0.5) is 0 Å². The third-order valence-electron chi connectivity index (χ3n) is 2.75. The molecule has 0 atom stereocenters. The zero-order chi connectivity index (χ0) is 10.7. The highest BCUT2D eigenvalue weighted by Crippen LogP contribution is 2.19. The predicted octanol–water partition coefficient (Wildman–Crippen LogP) is 3.36. The molecular weight excluding hydrogens is 182 g/mol. The molecule has 0 aliphatic rings. The van der Waals surface area contributed by atoms with Crippen LogP contribution in [0.25, 0.3) is 10.9 Å². The van der Waals surface area contributed by atoms with Crippen LogP contribution in [0.5, 0.6) is 0 Å². The minimum absolute atomic E-state index is 0.853. The van der Waals surface area contributed by atoms with Crippen LogP contribution in [0, 0.1) is 19.3 Å². The molecular formula is C14H15N. The van der Waals surface area contributed by atoms with Gasteiger partial charge < -0.3 is 4.57 Å². The molecule has 2 rings (SSSR count). The predicted molar refractivity (Wildman–Crippen MR) is 64.7 cm³/mol. The second-order valence-electron chi connectivity index (χ2n) is 3.82. The summed E-state index contributed by atoms with van der Waals surface area (Å²) in [7, 11) is 0. The maximum absolute atomic E-state index is 5.25. The van der Waals surface area contributed by atoms with E-state index >= 15 is 0 Å². The first-order chi connectivity index (χ1) is 7.33. The Labute approximate surface area is 90.7 Å². The number of aromatic nitrogens is 1. The van der Waals surface area contributed by atoms with E-state index in [0.29, 0.717) is 0 Å². The Morgan fingerprint density at radius 2 is 2.20 bits per heavy atom. The van der Waals surface area contributed by atoms with Crippen molar-refractivity contribution in [3.63, 3.8) is 0 Å². The zero-order valence-corrected chi connectivity index (χ0v) is 9.03. The fraction of sp³-hybridized carbons (Fsp3) is 0.286. The second kappa shape index (κ2) is 4.23. The number of rotatable bonds is 3. The molecule has 0 spiro atoms. The van der Waals surface area contributed by atoms with E-state index in [2.05, 4.69) is 47.9 Å². The van der Waals surface area contributed by atoms with Gasteiger partial charge in [0.1, 0.15) is 0 Å². The standard InChI is InChI=1S/C14H15N/c1-3-4-5-10-15-11-9-13-12(2)7-6-8-14(13)15/h1,6-9,11H,4-5,10H2,2H3. The van der Waals surface area contributed by atoms with Gasteiger partial charge in [-0.05, 0) is 31.0 Å². The Balaban J connectivity index is 2.30. The van der Waals surface area contributed by atoms with Gasteiger partial charge in [0.15, 0.2) is 0 Å². The number of terminal acetylenes is 1. The lowest BCUT2D eigenvalue weighted by atomic mass is 10.1. The number of unbranched alkanes of at least 4 members (excludes halogenated alkanes) is 1. The lowest BCUT2D eigenvalue weighted by Gasteiger charge is -2.04. The second-order valence-corrected chi connectivity index (χ2v) is 3.82. The summed E-state index contributed by atoms with van der Waals surface area (Å²) in [5.74, 6) is 2.68. The first kappa shape index (κ1) is 9.86. The van der Waals surface area contributed by atoms with E-state index in [1.54, 1.807) is 0 Å². The van der Waals surface area contributed by atoms with Crippen LogP contribution in [0.3, 0.4) is 0 Å². The summed E-state index contributed by atoms with van der Waals surface area (Å²) in [6.45, 7) is 3.16. The monoisotopic (exact) mass is 197 g/mol. The quantitative estimate of drug-likeness (QED) is 0.525. The normalized spacial score (nSPS) is 10.4. The minimum atomic E-state index is 0.853. The number of benzene rings is 1. The topological polar surface area (TPSA) is 4.93 Å². The van der Waals surface area contributed by atoms with Gasteiger partial charge in [0, 0.05) is 30.1 Å². The van der Waals surface area contributed by atoms with Crippen molar-refractivity contribution in [2.45, 2.75) is 26.3 Å². The number of hydrogen-bond acceptors (Lipinski definition) is 0. The number of fused-ring (bicyclic) bond motifs is 1. The van der Waals surface area contributed by atoms with E-state index < -0.39 is 0 Å². The zero-order valence-electron chi connectivity index (χ0n) is 9.03. The Kier molecular flexibility index (Phi) is 2.78. The van der Waals surface area contributed by atoms with Crippen molar-refractivity contribution < 1.29 is 0 Å². The highest BCUT2D eigenvalue weighted by molar-refractivity contribution is 5.83. The lowest BCUT2D eigenvalue weighted by Crippen LogP contribution is -1.95. The first-order valence-electron chi connectivity index (χ1n) is 5.31. The van der Waals surface area contributed by atoms with Crippen molar-refractivity contribution in [2.24, 2.45) is 0 Å². The number of aryl methyl sites for hydroxylation is 2. The molecule has 0 saturated carbocycles. The molecule has 1 aromatic carbocycles. The van der Waals surface area contributed by atoms with Crippen LogP contribution in [0.2, 0.25) is 0 Å². The average molecular weight is 197 g/mol. The van der Waals surface area contributed by atoms with Gasteiger partial charge in [0.05, 0.1) is 0 Å². The number of nitrogens with zero attached hydrogens (tertiary/aromatic N) is 1. The van der Waals surface area contributed by atoms with E-state index in [4.69, 9.17) is 6.42 Å². The highest BCUT2D eigenvalue weighted by Gasteiger charge is 2.01. The van der Waals surface area contributed by atoms with Gasteiger partial charge in [-0.2, -0.15) is 0 Å². The maximum atomic E-state index is 5.25. The van der Waals surface area contributed by atoms with Crippen LogP contribution < -0.4 is 0 Å². The molecule has 0 saturated heterocycles. The van der Waals surface area contributed by atoms with Crippen molar-refractivity contribution in [2.75, 3.05) is 0 Å². The van der Waals surface area contributed by atoms with Crippen LogP contribution in [0.15, 0.2) is 30.5 Å². The molecule has 1 aromatic heterocycles. The van der Waals surface area contributed by atoms with Crippen molar-refractivity contribution >= 4 is 10.9 Å². The molecule has 0 aliphatic heterocycles. The highest BCUT2D eigenvalue weighted by atomic mass is 14.9. The van der Waals surface area contributed by atoms with Gasteiger partial charge >= 0.3 is 0 Å². The summed E-state index contributed by atoms with van der Waals surface area (Å²) in [6.07, 6.45) is 9.29. The van der Waals surface area contributed by atoms with Gasteiger partial charge in [0.2, 0.25) is 0 Å². The van der Waals surface area contributed by atoms with Crippen molar-refractivity contribution in [1.82, 2.24) is 4.57 Å². The third kappa shape index (κ3) is 1.89. The van der Waals surface area contributed by atoms with Crippen LogP contribution in [0.1, 0.15) is 18.4 Å². The summed E-state index contributed by atoms with van der Waals surface area (Å²) in [5, 5.41) is 1.35. The summed E-state index contributed by atoms with van der Waals surface area (Å²) in [5.41, 5.74) is 2.65. The largest absolute Gasteiger partial charge is 0.347 e. The van der Waals surface area contributed by atoms with Crippen LogP contribution in [-0.2, 0) is 6.54 Å². The van der Waals surface area contributed by atoms with Gasteiger partial charge in [-0.25, -0.2) is 0 Å². The Bertz CT molecular complexity index is 500. The van der Waals surface area contributed by atoms with Crippen LogP contribution >= 0.6 is 0 Å². The summed E-state index contributed by atoms with van der Waals surface area (Å²) in [6, 6.07) is 8.60. The fourth-order valence-corrected chi connectivity index (χ4v) is 1.92. The maximum Gasteiger partial charge on any atom is 0.0482 e. The molecule has 0 radical (unpaired) electrons. The molecule has 1 heteroatoms. The van der Waals surface area contributed by atoms with Crippen LogP contribution in [-0.4, -0.2) is 4.57 Å². The molecule has 0 amide bonds. The molecule has 0 bridgehead atoms. The Morgan fingerprint density at radius 3 is 3.00 bits per heavy atom. The lowest BCUT2D eigenvalue weighted by molar-refractivity contribution is 0.677. The Hall–Kier alpha value is -1.68. The molecule has 0 N–H and O–H groups in total. The molecule has 0 aliphatic carbocycles. The number of hydrogen-bond donors (Lipinski definition) is 0. The smallest absolute Gasteiger partial charge is 0.0482 e. The van der Waals surface area contributed by atoms with Crippen molar-refractivity contribution in [3.05, 3.63) is 36.0 Å². The van der Waals surface area contributed by atoms with E-state index in [-0.39, 0.29) is 0 Å². The molecule has 0 fully saturated rings. The summed E-state index contributed by atoms with van der Waals surface area (Å²) in [4.78, 5) is 0. The van der Waals surface area contributed by atoms with Gasteiger partial charge in [0.25, 0.3) is 0 Å². The van der Waals surface area contributed by atoms with E-state index in [1.807, 2.05) is 0 Å². The minimum Gasteiger partial charge on any atom is -0.347 e. The van der Waals surface area contributed by atoms with E-state index in [9.17, 15) is 0 Å². The van der Waals surface area contributed by atoms with Crippen molar-refractivity contribution in [3.8, 4) is 12.3 Å². The molecule has 1 nitrogen and oxygen atoms in total. The Morgan fingerprint density at radius 1 is 1.33 bits per heavy atom. The van der Waals surface area contributed by atoms with Gasteiger partial charge in [-0.1, -0.05) is 12.1 Å². The molecule has 0 unspecified atom stereocenters. The fourth-order valence-electron chi connectivity index (χ4n) is 1.92. The summed E-state index contributed by atoms with van der Waals surface area (Å²) >= 11 is 0. The molecule has 1 heterocycles. The SMILES string of the molecule is C#CCCCn1ccc2c(C)cccc21. The third-order valence-corrected chi connectivity index (χ3v) is 2.75. The van der Waals surface area contributed by atoms with Gasteiger partial charge in [-0.15, -0.1) is 12.3 Å². The summed E-state index contributed by atoms with van der Waals surface area (Å²) < 4.78 is 2.28. The first-order valence-corrected chi connectivity index (χ1v) is 5.31. The average Bonchev–Trinajstić information content (AvgIpc) is 2.64. The van der Waals surface area contributed by atoms with E-state index in [0.717, 1.165) is 19.4 Å².